The Morgan fingerprint density at radius 1 is 1.17 bits per heavy atom. The first-order valence-corrected chi connectivity index (χ1v) is 9.71. The molecule has 8 atom stereocenters. The molecule has 0 radical (unpaired) electrons. The fourth-order valence-electron chi connectivity index (χ4n) is 7.57. The summed E-state index contributed by atoms with van der Waals surface area (Å²) in [6, 6.07) is 0.239. The summed E-state index contributed by atoms with van der Waals surface area (Å²) in [5, 5.41) is 10.9. The number of aliphatic hydroxyl groups excluding tert-OH is 1. The molecule has 1 N–H and O–H groups in total. The Bertz CT molecular complexity index is 520. The summed E-state index contributed by atoms with van der Waals surface area (Å²) >= 11 is 0. The predicted molar refractivity (Wildman–Crippen MR) is 90.7 cm³/mol. The molecular weight excluding hydrogens is 286 g/mol. The van der Waals surface area contributed by atoms with Crippen LogP contribution in [0, 0.1) is 34.5 Å². The van der Waals surface area contributed by atoms with E-state index >= 15 is 0 Å². The van der Waals surface area contributed by atoms with Crippen molar-refractivity contribution in [3.05, 3.63) is 0 Å². The van der Waals surface area contributed by atoms with Gasteiger partial charge in [-0.2, -0.15) is 0 Å². The summed E-state index contributed by atoms with van der Waals surface area (Å²) in [5.74, 6) is 3.18. The van der Waals surface area contributed by atoms with Crippen LogP contribution in [-0.2, 0) is 4.79 Å². The number of likely N-dealkylation sites (tertiary alicyclic amines) is 1. The van der Waals surface area contributed by atoms with Crippen LogP contribution in [0.1, 0.15) is 65.7 Å². The first kappa shape index (κ1) is 15.9. The molecule has 3 nitrogen and oxygen atoms in total. The summed E-state index contributed by atoms with van der Waals surface area (Å²) in [5.41, 5.74) is 0.434. The van der Waals surface area contributed by atoms with Gasteiger partial charge in [0, 0.05) is 18.5 Å². The van der Waals surface area contributed by atoms with Crippen molar-refractivity contribution < 1.29 is 9.90 Å². The number of piperidine rings is 1. The van der Waals surface area contributed by atoms with E-state index in [1.54, 1.807) is 0 Å². The van der Waals surface area contributed by atoms with Gasteiger partial charge in [0.05, 0.1) is 12.5 Å². The SMILES string of the molecule is CC1C[C@H]2[C@@H]3CCC4N(C)C(=O)CC(O)[C@]4(C)[C@@H]3CC[C@]2(C)C1. The topological polar surface area (TPSA) is 40.5 Å². The summed E-state index contributed by atoms with van der Waals surface area (Å²) in [7, 11) is 1.96. The van der Waals surface area contributed by atoms with Crippen LogP contribution in [0.5, 0.6) is 0 Å². The van der Waals surface area contributed by atoms with E-state index < -0.39 is 6.10 Å². The molecule has 4 rings (SSSR count). The van der Waals surface area contributed by atoms with Crippen molar-refractivity contribution in [2.24, 2.45) is 34.5 Å². The molecule has 1 heterocycles. The number of rotatable bonds is 0. The highest BCUT2D eigenvalue weighted by Gasteiger charge is 2.62. The number of carbonyl (C=O) groups excluding carboxylic acids is 1. The van der Waals surface area contributed by atoms with Crippen LogP contribution < -0.4 is 0 Å². The molecule has 3 aliphatic carbocycles. The third kappa shape index (κ3) is 2.01. The summed E-state index contributed by atoms with van der Waals surface area (Å²) < 4.78 is 0. The molecule has 3 unspecified atom stereocenters. The Morgan fingerprint density at radius 3 is 2.65 bits per heavy atom. The molecule has 0 aromatic rings. The number of hydrogen-bond acceptors (Lipinski definition) is 2. The average Bonchev–Trinajstić information content (AvgIpc) is 2.79. The molecule has 3 saturated carbocycles. The number of hydrogen-bond donors (Lipinski definition) is 1. The van der Waals surface area contributed by atoms with Gasteiger partial charge in [-0.25, -0.2) is 0 Å². The number of amides is 1. The molecule has 1 aliphatic heterocycles. The van der Waals surface area contributed by atoms with Gasteiger partial charge in [0.1, 0.15) is 0 Å². The van der Waals surface area contributed by atoms with Crippen molar-refractivity contribution >= 4 is 5.91 Å². The lowest BCUT2D eigenvalue weighted by molar-refractivity contribution is -0.184. The molecule has 4 fully saturated rings. The van der Waals surface area contributed by atoms with Gasteiger partial charge in [0.15, 0.2) is 0 Å². The molecule has 23 heavy (non-hydrogen) atoms. The molecule has 0 aromatic carbocycles. The number of aliphatic hydroxyl groups is 1. The normalized spacial score (nSPS) is 56.0. The van der Waals surface area contributed by atoms with E-state index in [0.717, 1.165) is 24.2 Å². The minimum absolute atomic E-state index is 0.0985. The first-order chi connectivity index (χ1) is 10.8. The van der Waals surface area contributed by atoms with Crippen molar-refractivity contribution in [2.75, 3.05) is 7.05 Å². The number of nitrogens with zero attached hydrogens (tertiary/aromatic N) is 1. The second-order valence-corrected chi connectivity index (χ2v) is 9.80. The highest BCUT2D eigenvalue weighted by atomic mass is 16.3. The standard InChI is InChI=1S/C20H33NO2/c1-12-9-15-13-5-6-16-20(3,17(22)10-18(23)21(16)4)14(13)7-8-19(15,2)11-12/h12-17,22H,5-11H2,1-4H3/t12?,13-,14-,15+,16?,17?,19-,20-/m1/s1. The largest absolute Gasteiger partial charge is 0.392 e. The zero-order chi connectivity index (χ0) is 16.6. The Labute approximate surface area is 140 Å². The molecule has 1 saturated heterocycles. The summed E-state index contributed by atoms with van der Waals surface area (Å²) in [6.07, 6.45) is 7.54. The van der Waals surface area contributed by atoms with E-state index in [0.29, 0.717) is 17.8 Å². The second kappa shape index (κ2) is 4.97. The predicted octanol–water partition coefficient (Wildman–Crippen LogP) is 3.46. The van der Waals surface area contributed by atoms with Gasteiger partial charge in [-0.05, 0) is 67.6 Å². The number of fused-ring (bicyclic) bond motifs is 5. The van der Waals surface area contributed by atoms with Crippen LogP contribution in [0.2, 0.25) is 0 Å². The van der Waals surface area contributed by atoms with Crippen LogP contribution in [0.3, 0.4) is 0 Å². The van der Waals surface area contributed by atoms with Gasteiger partial charge in [-0.15, -0.1) is 0 Å². The van der Waals surface area contributed by atoms with Gasteiger partial charge < -0.3 is 10.0 Å². The van der Waals surface area contributed by atoms with E-state index in [-0.39, 0.29) is 17.4 Å². The van der Waals surface area contributed by atoms with Crippen molar-refractivity contribution in [2.45, 2.75) is 77.9 Å². The Hall–Kier alpha value is -0.570. The minimum Gasteiger partial charge on any atom is -0.392 e. The first-order valence-electron chi connectivity index (χ1n) is 9.71. The zero-order valence-electron chi connectivity index (χ0n) is 15.2. The van der Waals surface area contributed by atoms with Gasteiger partial charge >= 0.3 is 0 Å². The zero-order valence-corrected chi connectivity index (χ0v) is 15.2. The summed E-state index contributed by atoms with van der Waals surface area (Å²) in [6.45, 7) is 7.25. The lowest BCUT2D eigenvalue weighted by Crippen LogP contribution is -2.66. The Morgan fingerprint density at radius 2 is 1.91 bits per heavy atom. The highest BCUT2D eigenvalue weighted by Crippen LogP contribution is 2.65. The van der Waals surface area contributed by atoms with Crippen molar-refractivity contribution in [3.63, 3.8) is 0 Å². The van der Waals surface area contributed by atoms with Crippen LogP contribution >= 0.6 is 0 Å². The lowest BCUT2D eigenvalue weighted by atomic mass is 9.47. The van der Waals surface area contributed by atoms with E-state index in [1.807, 2.05) is 11.9 Å². The van der Waals surface area contributed by atoms with E-state index in [4.69, 9.17) is 0 Å². The monoisotopic (exact) mass is 319 g/mol. The third-order valence-electron chi connectivity index (χ3n) is 8.66. The molecule has 1 amide bonds. The van der Waals surface area contributed by atoms with Gasteiger partial charge in [0.2, 0.25) is 5.91 Å². The van der Waals surface area contributed by atoms with Crippen molar-refractivity contribution in [1.82, 2.24) is 4.90 Å². The van der Waals surface area contributed by atoms with E-state index in [2.05, 4.69) is 20.8 Å². The van der Waals surface area contributed by atoms with Gasteiger partial charge in [-0.3, -0.25) is 4.79 Å². The summed E-state index contributed by atoms with van der Waals surface area (Å²) in [4.78, 5) is 14.2. The lowest BCUT2D eigenvalue weighted by Gasteiger charge is -2.62. The van der Waals surface area contributed by atoms with Gasteiger partial charge in [-0.1, -0.05) is 20.8 Å². The molecule has 130 valence electrons. The quantitative estimate of drug-likeness (QED) is 0.743. The maximum atomic E-state index is 12.2. The maximum absolute atomic E-state index is 12.2. The van der Waals surface area contributed by atoms with Crippen LogP contribution in [-0.4, -0.2) is 35.1 Å². The minimum atomic E-state index is -0.452. The molecule has 0 bridgehead atoms. The molecule has 3 heteroatoms. The smallest absolute Gasteiger partial charge is 0.225 e. The molecule has 0 aromatic heterocycles. The fraction of sp³-hybridized carbons (Fsp3) is 0.950. The van der Waals surface area contributed by atoms with Crippen LogP contribution in [0.15, 0.2) is 0 Å². The third-order valence-corrected chi connectivity index (χ3v) is 8.66. The second-order valence-electron chi connectivity index (χ2n) is 9.80. The van der Waals surface area contributed by atoms with Gasteiger partial charge in [0.25, 0.3) is 0 Å². The van der Waals surface area contributed by atoms with Crippen molar-refractivity contribution in [3.8, 4) is 0 Å². The fourth-order valence-corrected chi connectivity index (χ4v) is 7.57. The van der Waals surface area contributed by atoms with Crippen molar-refractivity contribution in [1.29, 1.82) is 0 Å². The highest BCUT2D eigenvalue weighted by molar-refractivity contribution is 5.78. The molecular formula is C20H33NO2. The molecule has 4 aliphatic rings. The molecule has 0 spiro atoms. The number of carbonyl (C=O) groups is 1. The Kier molecular flexibility index (Phi) is 3.44. The van der Waals surface area contributed by atoms with Crippen LogP contribution in [0.25, 0.3) is 0 Å². The van der Waals surface area contributed by atoms with Crippen LogP contribution in [0.4, 0.5) is 0 Å². The Balaban J connectivity index is 1.69. The van der Waals surface area contributed by atoms with E-state index in [9.17, 15) is 9.90 Å². The van der Waals surface area contributed by atoms with E-state index in [1.165, 1.54) is 32.1 Å². The average molecular weight is 319 g/mol. The maximum Gasteiger partial charge on any atom is 0.225 e.